The van der Waals surface area contributed by atoms with Gasteiger partial charge >= 0.3 is 5.97 Å². The van der Waals surface area contributed by atoms with Gasteiger partial charge in [-0.05, 0) is 98.8 Å². The Morgan fingerprint density at radius 2 is 0.774 bits per heavy atom. The van der Waals surface area contributed by atoms with Crippen molar-refractivity contribution in [2.24, 2.45) is 0 Å². The monoisotopic (exact) mass is 820 g/mol. The molecule has 0 radical (unpaired) electrons. The third-order valence-corrected chi connectivity index (χ3v) is 9.93. The molecule has 0 amide bonds. The summed E-state index contributed by atoms with van der Waals surface area (Å²) in [5.41, 5.74) is 12.5. The summed E-state index contributed by atoms with van der Waals surface area (Å²) >= 11 is 0. The molecule has 2 heterocycles. The SMILES string of the molecule is CC.COC(=O)c1ccc2nc(-c3ccc(C)cc3)c(-c3ccc(C)cc3)nc2c1.O=C(c1ccccc1)c1ccc2nc(-c3ccc(F)cc3)c(-c3ccc(F)cc3)nc2c1. The number of nitrogens with zero attached hydrogens (tertiary/aromatic N) is 4. The molecular weight excluding hydrogens is 779 g/mol. The number of methoxy groups -OCH3 is 1. The van der Waals surface area contributed by atoms with Crippen LogP contribution in [0.1, 0.15) is 51.3 Å². The maximum absolute atomic E-state index is 13.5. The lowest BCUT2D eigenvalue weighted by Crippen LogP contribution is -2.02. The van der Waals surface area contributed by atoms with E-state index in [4.69, 9.17) is 24.7 Å². The van der Waals surface area contributed by atoms with Crippen LogP contribution in [0, 0.1) is 25.5 Å². The van der Waals surface area contributed by atoms with Crippen LogP contribution in [0.15, 0.2) is 164 Å². The number of esters is 1. The number of ketones is 1. The molecule has 0 aliphatic heterocycles. The van der Waals surface area contributed by atoms with E-state index in [9.17, 15) is 18.4 Å². The molecule has 0 atom stereocenters. The van der Waals surface area contributed by atoms with E-state index in [0.717, 1.165) is 28.0 Å². The van der Waals surface area contributed by atoms with Gasteiger partial charge in [0, 0.05) is 33.4 Å². The molecule has 0 aliphatic rings. The molecule has 0 spiro atoms. The second kappa shape index (κ2) is 19.1. The number of hydrogen-bond donors (Lipinski definition) is 0. The van der Waals surface area contributed by atoms with Crippen molar-refractivity contribution in [3.05, 3.63) is 203 Å². The van der Waals surface area contributed by atoms with Gasteiger partial charge in [0.25, 0.3) is 0 Å². The predicted octanol–water partition coefficient (Wildman–Crippen LogP) is 12.9. The molecule has 306 valence electrons. The molecule has 7 nitrogen and oxygen atoms in total. The van der Waals surface area contributed by atoms with E-state index in [1.807, 2.05) is 50.2 Å². The maximum Gasteiger partial charge on any atom is 0.337 e. The Morgan fingerprint density at radius 3 is 1.18 bits per heavy atom. The molecule has 9 rings (SSSR count). The lowest BCUT2D eigenvalue weighted by molar-refractivity contribution is 0.0600. The zero-order chi connectivity index (χ0) is 43.8. The van der Waals surface area contributed by atoms with Gasteiger partial charge in [-0.25, -0.2) is 33.5 Å². The van der Waals surface area contributed by atoms with Gasteiger partial charge in [0.2, 0.25) is 0 Å². The number of hydrogen-bond acceptors (Lipinski definition) is 7. The quantitative estimate of drug-likeness (QED) is 0.117. The number of ether oxygens (including phenoxy) is 1. The van der Waals surface area contributed by atoms with Gasteiger partial charge < -0.3 is 4.74 Å². The van der Waals surface area contributed by atoms with E-state index in [1.54, 1.807) is 66.7 Å². The molecule has 0 aliphatic carbocycles. The van der Waals surface area contributed by atoms with Crippen LogP contribution in [-0.2, 0) is 4.74 Å². The summed E-state index contributed by atoms with van der Waals surface area (Å²) in [5.74, 6) is -1.21. The fourth-order valence-corrected chi connectivity index (χ4v) is 6.69. The van der Waals surface area contributed by atoms with Crippen LogP contribution < -0.4 is 0 Å². The molecule has 0 unspecified atom stereocenters. The minimum Gasteiger partial charge on any atom is -0.465 e. The third kappa shape index (κ3) is 9.48. The third-order valence-electron chi connectivity index (χ3n) is 9.93. The largest absolute Gasteiger partial charge is 0.465 e. The predicted molar refractivity (Wildman–Crippen MR) is 243 cm³/mol. The van der Waals surface area contributed by atoms with Crippen molar-refractivity contribution < 1.29 is 23.1 Å². The van der Waals surface area contributed by atoms with Crippen LogP contribution in [0.25, 0.3) is 67.1 Å². The highest BCUT2D eigenvalue weighted by molar-refractivity contribution is 6.10. The molecule has 9 heteroatoms. The molecular formula is C53H42F2N4O3. The van der Waals surface area contributed by atoms with Gasteiger partial charge in [-0.1, -0.05) is 104 Å². The van der Waals surface area contributed by atoms with Crippen LogP contribution in [0.5, 0.6) is 0 Å². The Bertz CT molecular complexity index is 3010. The molecule has 2 aromatic heterocycles. The van der Waals surface area contributed by atoms with Crippen molar-refractivity contribution in [3.8, 4) is 45.0 Å². The Morgan fingerprint density at radius 1 is 0.419 bits per heavy atom. The van der Waals surface area contributed by atoms with Gasteiger partial charge in [0.05, 0.1) is 57.5 Å². The molecule has 0 N–H and O–H groups in total. The minimum atomic E-state index is -0.386. The maximum atomic E-state index is 13.5. The van der Waals surface area contributed by atoms with Crippen molar-refractivity contribution in [1.29, 1.82) is 0 Å². The average Bonchev–Trinajstić information content (AvgIpc) is 3.32. The van der Waals surface area contributed by atoms with E-state index < -0.39 is 0 Å². The lowest BCUT2D eigenvalue weighted by atomic mass is 10.0. The molecule has 0 saturated carbocycles. The number of carbonyl (C=O) groups excluding carboxylic acids is 2. The van der Waals surface area contributed by atoms with Crippen LogP contribution in [-0.4, -0.2) is 38.8 Å². The van der Waals surface area contributed by atoms with E-state index in [2.05, 4.69) is 50.2 Å². The van der Waals surface area contributed by atoms with Gasteiger partial charge in [0.1, 0.15) is 11.6 Å². The van der Waals surface area contributed by atoms with E-state index in [-0.39, 0.29) is 23.4 Å². The van der Waals surface area contributed by atoms with Crippen LogP contribution in [0.2, 0.25) is 0 Å². The number of carbonyl (C=O) groups is 2. The topological polar surface area (TPSA) is 94.9 Å². The molecule has 0 fully saturated rings. The van der Waals surface area contributed by atoms with Crippen LogP contribution in [0.4, 0.5) is 8.78 Å². The number of aryl methyl sites for hydroxylation is 2. The molecule has 9 aromatic rings. The normalized spacial score (nSPS) is 10.6. The van der Waals surface area contributed by atoms with Gasteiger partial charge in [-0.3, -0.25) is 4.79 Å². The first kappa shape index (κ1) is 42.3. The molecule has 62 heavy (non-hydrogen) atoms. The first-order valence-electron chi connectivity index (χ1n) is 20.1. The number of benzene rings is 7. The molecule has 7 aromatic carbocycles. The Kier molecular flexibility index (Phi) is 13.0. The van der Waals surface area contributed by atoms with E-state index in [1.165, 1.54) is 42.5 Å². The van der Waals surface area contributed by atoms with Crippen molar-refractivity contribution in [2.45, 2.75) is 27.7 Å². The fourth-order valence-electron chi connectivity index (χ4n) is 6.69. The number of rotatable bonds is 7. The summed E-state index contributed by atoms with van der Waals surface area (Å²) in [6.07, 6.45) is 0. The summed E-state index contributed by atoms with van der Waals surface area (Å²) in [6.45, 7) is 8.12. The van der Waals surface area contributed by atoms with Gasteiger partial charge in [-0.15, -0.1) is 0 Å². The lowest BCUT2D eigenvalue weighted by Gasteiger charge is -2.12. The smallest absolute Gasteiger partial charge is 0.337 e. The Balaban J connectivity index is 0.000000181. The Hall–Kier alpha value is -7.78. The zero-order valence-electron chi connectivity index (χ0n) is 34.9. The standard InChI is InChI=1S/C27H16F2N2O.C24H20N2O2.C2H6/c28-21-11-6-17(7-12-21)25-26(18-8-13-22(29)14-9-18)31-24-16-20(10-15-23(24)30-25)27(32)19-4-2-1-3-5-19;1-15-4-8-17(9-5-15)22-23(18-10-6-16(2)7-11-18)26-21-14-19(24(27)28-3)12-13-20(21)25-22;1-2/h1-16H;4-14H,1-3H3;1-2H3. The summed E-state index contributed by atoms with van der Waals surface area (Å²) in [4.78, 5) is 44.1. The average molecular weight is 821 g/mol. The fraction of sp³-hybridized carbons (Fsp3) is 0.0943. The summed E-state index contributed by atoms with van der Waals surface area (Å²) in [7, 11) is 1.37. The highest BCUT2D eigenvalue weighted by atomic mass is 19.1. The molecule has 0 bridgehead atoms. The van der Waals surface area contributed by atoms with Crippen molar-refractivity contribution in [1.82, 2.24) is 19.9 Å². The second-order valence-electron chi connectivity index (χ2n) is 14.2. The number of halogens is 2. The van der Waals surface area contributed by atoms with Gasteiger partial charge in [0.15, 0.2) is 5.78 Å². The summed E-state index contributed by atoms with van der Waals surface area (Å²) in [5, 5.41) is 0. The van der Waals surface area contributed by atoms with E-state index >= 15 is 0 Å². The minimum absolute atomic E-state index is 0.111. The number of aromatic nitrogens is 4. The van der Waals surface area contributed by atoms with Crippen LogP contribution >= 0.6 is 0 Å². The summed E-state index contributed by atoms with van der Waals surface area (Å²) in [6, 6.07) is 47.9. The van der Waals surface area contributed by atoms with Crippen molar-refractivity contribution >= 4 is 33.8 Å². The second-order valence-corrected chi connectivity index (χ2v) is 14.2. The summed E-state index contributed by atoms with van der Waals surface area (Å²) < 4.78 is 31.8. The highest BCUT2D eigenvalue weighted by Gasteiger charge is 2.18. The van der Waals surface area contributed by atoms with Crippen molar-refractivity contribution in [2.75, 3.05) is 7.11 Å². The van der Waals surface area contributed by atoms with Gasteiger partial charge in [-0.2, -0.15) is 0 Å². The first-order valence-corrected chi connectivity index (χ1v) is 20.1. The number of fused-ring (bicyclic) bond motifs is 2. The zero-order valence-corrected chi connectivity index (χ0v) is 34.9. The first-order chi connectivity index (χ1) is 30.1. The van der Waals surface area contributed by atoms with E-state index in [0.29, 0.717) is 55.8 Å². The highest BCUT2D eigenvalue weighted by Crippen LogP contribution is 2.33. The van der Waals surface area contributed by atoms with Crippen LogP contribution in [0.3, 0.4) is 0 Å². The Labute approximate surface area is 358 Å². The van der Waals surface area contributed by atoms with Crippen molar-refractivity contribution in [3.63, 3.8) is 0 Å². The molecule has 0 saturated heterocycles.